The molecule has 20 heteroatoms. The number of nitrogens with two attached hydrogens (primary N) is 3. The van der Waals surface area contributed by atoms with E-state index in [0.717, 1.165) is 37.8 Å². The van der Waals surface area contributed by atoms with Gasteiger partial charge in [-0.25, -0.2) is 33.7 Å². The van der Waals surface area contributed by atoms with Gasteiger partial charge in [-0.3, -0.25) is 18.7 Å². The van der Waals surface area contributed by atoms with Crippen molar-refractivity contribution in [3.63, 3.8) is 0 Å². The summed E-state index contributed by atoms with van der Waals surface area (Å²) in [6.07, 6.45) is 2.90. The summed E-state index contributed by atoms with van der Waals surface area (Å²) in [5.41, 5.74) is 4.97. The number of allylic oxidation sites excluding steroid dienone is 1. The lowest BCUT2D eigenvalue weighted by molar-refractivity contribution is 0.278. The van der Waals surface area contributed by atoms with E-state index in [4.69, 9.17) is 29.3 Å². The number of nitrogens with zero attached hydrogens (tertiary/aromatic N) is 8. The zero-order valence-electron chi connectivity index (χ0n) is 34.1. The van der Waals surface area contributed by atoms with E-state index in [0.29, 0.717) is 70.7 Å². The maximum Gasteiger partial charge on any atom is 0.350 e. The predicted octanol–water partition coefficient (Wildman–Crippen LogP) is 2.42. The molecule has 4 fully saturated rings. The van der Waals surface area contributed by atoms with Crippen LogP contribution in [0.3, 0.4) is 0 Å². The maximum absolute atomic E-state index is 15.1. The number of halogens is 4. The number of aromatic nitrogens is 4. The second-order valence-corrected chi connectivity index (χ2v) is 15.9. The lowest BCUT2D eigenvalue weighted by Gasteiger charge is -2.24. The molecule has 2 aromatic carbocycles. The monoisotopic (exact) mass is 850 g/mol. The van der Waals surface area contributed by atoms with Crippen molar-refractivity contribution in [3.8, 4) is 6.07 Å². The third-order valence-corrected chi connectivity index (χ3v) is 11.7. The van der Waals surface area contributed by atoms with Crippen LogP contribution in [-0.4, -0.2) is 83.2 Å². The zero-order valence-corrected chi connectivity index (χ0v) is 34.1. The number of anilines is 2. The molecule has 4 aromatic rings. The van der Waals surface area contributed by atoms with Gasteiger partial charge in [0.05, 0.1) is 52.2 Å². The van der Waals surface area contributed by atoms with Crippen molar-refractivity contribution in [3.05, 3.63) is 101 Å². The molecule has 326 valence electrons. The number of hydrogen-bond donors (Lipinski definition) is 4. The van der Waals surface area contributed by atoms with Crippen molar-refractivity contribution in [1.82, 2.24) is 23.8 Å². The highest BCUT2D eigenvalue weighted by Crippen LogP contribution is 2.41. The number of nitriles is 1. The van der Waals surface area contributed by atoms with Crippen LogP contribution in [-0.2, 0) is 0 Å². The first kappa shape index (κ1) is 44.4. The number of benzene rings is 2. The van der Waals surface area contributed by atoms with Gasteiger partial charge in [0.1, 0.15) is 24.0 Å². The average molecular weight is 851 g/mol. The van der Waals surface area contributed by atoms with Gasteiger partial charge in [0.2, 0.25) is 6.54 Å². The molecule has 2 aromatic heterocycles. The minimum absolute atomic E-state index is 0.0278. The van der Waals surface area contributed by atoms with Crippen molar-refractivity contribution in [1.29, 1.82) is 5.26 Å². The molecule has 0 amide bonds. The van der Waals surface area contributed by atoms with Gasteiger partial charge in [-0.05, 0) is 58.2 Å². The second-order valence-electron chi connectivity index (χ2n) is 15.9. The third-order valence-electron chi connectivity index (χ3n) is 11.7. The van der Waals surface area contributed by atoms with Gasteiger partial charge in [0.15, 0.2) is 0 Å². The number of nitrogen functional groups attached to an aromatic ring is 2. The molecule has 2 aliphatic heterocycles. The molecule has 16 nitrogen and oxygen atoms in total. The van der Waals surface area contributed by atoms with Crippen molar-refractivity contribution in [2.75, 3.05) is 73.8 Å². The molecule has 4 heterocycles. The Morgan fingerprint density at radius 1 is 0.836 bits per heavy atom. The summed E-state index contributed by atoms with van der Waals surface area (Å²) in [5.74, 6) is 9.28. The zero-order chi connectivity index (χ0) is 44.4. The van der Waals surface area contributed by atoms with Crippen LogP contribution in [0.5, 0.6) is 0 Å². The Morgan fingerprint density at radius 3 is 1.64 bits per heavy atom. The van der Waals surface area contributed by atoms with E-state index in [1.54, 1.807) is 29.7 Å². The van der Waals surface area contributed by atoms with Crippen LogP contribution in [0.2, 0.25) is 0 Å². The van der Waals surface area contributed by atoms with Crippen molar-refractivity contribution >= 4 is 33.2 Å². The van der Waals surface area contributed by atoms with Crippen molar-refractivity contribution in [2.45, 2.75) is 70.4 Å². The van der Waals surface area contributed by atoms with Gasteiger partial charge in [0, 0.05) is 67.8 Å². The van der Waals surface area contributed by atoms with E-state index in [1.807, 2.05) is 6.07 Å². The number of rotatable bonds is 10. The number of alkyl halides is 2. The van der Waals surface area contributed by atoms with Gasteiger partial charge >= 0.3 is 11.4 Å². The normalized spacial score (nSPS) is 20.8. The van der Waals surface area contributed by atoms with E-state index in [-0.39, 0.29) is 65.7 Å². The molecule has 0 radical (unpaired) electrons. The van der Waals surface area contributed by atoms with Gasteiger partial charge < -0.3 is 37.4 Å². The first-order chi connectivity index (χ1) is 29.1. The van der Waals surface area contributed by atoms with E-state index in [1.165, 1.54) is 9.13 Å². The fourth-order valence-corrected chi connectivity index (χ4v) is 8.37. The van der Waals surface area contributed by atoms with Crippen LogP contribution in [0.1, 0.15) is 55.3 Å². The first-order valence-electron chi connectivity index (χ1n) is 20.1. The molecule has 0 unspecified atom stereocenters. The maximum atomic E-state index is 15.1. The summed E-state index contributed by atoms with van der Waals surface area (Å²) in [5, 5.41) is 10.9. The van der Waals surface area contributed by atoms with E-state index in [2.05, 4.69) is 16.7 Å². The Balaban J connectivity index is 0.000000185. The molecule has 2 saturated heterocycles. The summed E-state index contributed by atoms with van der Waals surface area (Å²) in [4.78, 5) is 56.6. The summed E-state index contributed by atoms with van der Waals surface area (Å²) in [7, 11) is 0. The Morgan fingerprint density at radius 2 is 1.28 bits per heavy atom. The first-order valence-corrected chi connectivity index (χ1v) is 20.1. The van der Waals surface area contributed by atoms with Gasteiger partial charge in [-0.15, -0.1) is 6.58 Å². The third kappa shape index (κ3) is 8.60. The molecule has 7 N–H and O–H groups in total. The van der Waals surface area contributed by atoms with E-state index < -0.39 is 46.5 Å². The number of hydrogen-bond acceptors (Lipinski definition) is 11. The Hall–Kier alpha value is -6.12. The molecule has 4 atom stereocenters. The Kier molecular flexibility index (Phi) is 13.3. The summed E-state index contributed by atoms with van der Waals surface area (Å²) < 4.78 is 62.7. The molecule has 2 aliphatic carbocycles. The number of nitrogens with one attached hydrogen (secondary N) is 1. The highest BCUT2D eigenvalue weighted by atomic mass is 19.1. The van der Waals surface area contributed by atoms with E-state index >= 15 is 4.39 Å². The second kappa shape index (κ2) is 18.2. The molecule has 0 spiro atoms. The standard InChI is InChI=1S/C20H24F2N6O2.C17H21F2N5O2.C4H5N/c1-11-17-14(19(29)28(23)20(30)27(17)13-3-4-13)7-15(21)18(11)26-9-12(16(22)10-26)8-25-6-5-24-2;1-8-14-11(16(25)24(21)17(26)23(14)10-2-3-10)4-12(18)15(8)22-6-9(5-20)13(19)7-22;1-2-3-4-5/h7,12-13,16,25H,3-6,8-10,23H2,1H3;4,9-10,13H,2-3,5-7,20-21H2,1H3;2H,1,3H2/t12-,16-;9-,13-;/m00./s1. The van der Waals surface area contributed by atoms with E-state index in [9.17, 15) is 32.3 Å². The molecule has 0 bridgehead atoms. The highest BCUT2D eigenvalue weighted by Gasteiger charge is 2.38. The Bertz CT molecular complexity index is 2670. The molecular weight excluding hydrogens is 801 g/mol. The quantitative estimate of drug-likeness (QED) is 0.0599. The van der Waals surface area contributed by atoms with Gasteiger partial charge in [-0.1, -0.05) is 6.08 Å². The largest absolute Gasteiger partial charge is 0.366 e. The fourth-order valence-electron chi connectivity index (χ4n) is 8.37. The van der Waals surface area contributed by atoms with Crippen molar-refractivity contribution in [2.24, 2.45) is 17.6 Å². The van der Waals surface area contributed by atoms with Gasteiger partial charge in [-0.2, -0.15) is 14.6 Å². The van der Waals surface area contributed by atoms with Crippen LogP contribution < -0.4 is 55.0 Å². The summed E-state index contributed by atoms with van der Waals surface area (Å²) in [6.45, 7) is 15.5. The van der Waals surface area contributed by atoms with Crippen molar-refractivity contribution < 1.29 is 17.6 Å². The number of fused-ring (bicyclic) bond motifs is 2. The molecule has 61 heavy (non-hydrogen) atoms. The molecule has 2 saturated carbocycles. The predicted molar refractivity (Wildman–Crippen MR) is 226 cm³/mol. The Labute approximate surface area is 347 Å². The van der Waals surface area contributed by atoms with Crippen LogP contribution >= 0.6 is 0 Å². The van der Waals surface area contributed by atoms with Crippen LogP contribution in [0, 0.1) is 55.2 Å². The highest BCUT2D eigenvalue weighted by molar-refractivity contribution is 5.88. The smallest absolute Gasteiger partial charge is 0.350 e. The topological polar surface area (TPSA) is 213 Å². The SMILES string of the molecule is C=CCC#N.Cc1c(N2C[C@H](CN)[C@@H](F)C2)c(F)cc2c(=O)n(N)c(=O)n(C3CC3)c12.[C-]#[N+]CCNC[C@H]1CN(c2c(F)cc3c(=O)n(N)c(=O)n(C4CC4)c3c2C)C[C@@H]1F. The lowest BCUT2D eigenvalue weighted by Crippen LogP contribution is -2.44. The van der Waals surface area contributed by atoms with Gasteiger partial charge in [0.25, 0.3) is 11.1 Å². The van der Waals surface area contributed by atoms with Crippen LogP contribution in [0.15, 0.2) is 44.0 Å². The minimum Gasteiger partial charge on any atom is -0.366 e. The lowest BCUT2D eigenvalue weighted by atomic mass is 10.1. The number of aryl methyl sites for hydroxylation is 2. The summed E-state index contributed by atoms with van der Waals surface area (Å²) in [6, 6.07) is 3.98. The minimum atomic E-state index is -1.15. The van der Waals surface area contributed by atoms with Crippen LogP contribution in [0.4, 0.5) is 28.9 Å². The van der Waals surface area contributed by atoms with Crippen LogP contribution in [0.25, 0.3) is 26.7 Å². The molecule has 4 aliphatic rings. The molecular formula is C41H50F4N12O4. The fraction of sp³-hybridized carbons (Fsp3) is 0.512. The molecule has 8 rings (SSSR count). The summed E-state index contributed by atoms with van der Waals surface area (Å²) >= 11 is 0. The average Bonchev–Trinajstić information content (AvgIpc) is 4.17.